The molecule has 3 saturated heterocycles. The first-order valence-corrected chi connectivity index (χ1v) is 52.5. The van der Waals surface area contributed by atoms with E-state index in [0.29, 0.717) is 58.7 Å². The second-order valence-electron chi connectivity index (χ2n) is 43.4. The van der Waals surface area contributed by atoms with Crippen molar-refractivity contribution in [2.45, 2.75) is 388 Å². The summed E-state index contributed by atoms with van der Waals surface area (Å²) >= 11 is 12.0. The molecule has 0 aromatic heterocycles. The maximum atomic E-state index is 14.1. The minimum Gasteiger partial charge on any atom is -0.491 e. The molecule has 0 radical (unpaired) electrons. The fraction of sp³-hybridized carbons (Fsp3) is 0.512. The Morgan fingerprint density at radius 3 is 1.32 bits per heavy atom. The molecule has 0 spiro atoms. The van der Waals surface area contributed by atoms with Crippen LogP contribution in [0.3, 0.4) is 0 Å². The average molecular weight is 1930 g/mol. The van der Waals surface area contributed by atoms with E-state index in [1.54, 1.807) is 43.2 Å². The number of rotatable bonds is 19. The van der Waals surface area contributed by atoms with Crippen LogP contribution in [0.15, 0.2) is 200 Å². The van der Waals surface area contributed by atoms with Gasteiger partial charge in [0.15, 0.2) is 0 Å². The van der Waals surface area contributed by atoms with Crippen molar-refractivity contribution >= 4 is 45.8 Å². The van der Waals surface area contributed by atoms with Gasteiger partial charge in [-0.2, -0.15) is 0 Å². The van der Waals surface area contributed by atoms with Gasteiger partial charge in [-0.25, -0.2) is 17.6 Å². The summed E-state index contributed by atoms with van der Waals surface area (Å²) in [5, 5.41) is 11.5. The van der Waals surface area contributed by atoms with E-state index < -0.39 is 11.5 Å². The molecule has 0 unspecified atom stereocenters. The van der Waals surface area contributed by atoms with E-state index in [-0.39, 0.29) is 42.6 Å². The largest absolute Gasteiger partial charge is 0.491 e. The van der Waals surface area contributed by atoms with Crippen LogP contribution in [0.4, 0.5) is 34.6 Å². The van der Waals surface area contributed by atoms with Crippen molar-refractivity contribution in [2.24, 2.45) is 0 Å². The van der Waals surface area contributed by atoms with Gasteiger partial charge >= 0.3 is 0 Å². The Morgan fingerprint density at radius 1 is 0.399 bits per heavy atom. The van der Waals surface area contributed by atoms with Gasteiger partial charge in [0.05, 0.1) is 17.4 Å². The van der Waals surface area contributed by atoms with Gasteiger partial charge < -0.3 is 24.5 Å². The second kappa shape index (κ2) is 56.9. The predicted octanol–water partition coefficient (Wildman–Crippen LogP) is 38.7. The number of aryl methyl sites for hydroxylation is 4. The van der Waals surface area contributed by atoms with E-state index in [4.69, 9.17) is 27.9 Å². The molecule has 3 aliphatic heterocycles. The van der Waals surface area contributed by atoms with Gasteiger partial charge in [0.1, 0.15) is 17.4 Å². The molecule has 3 fully saturated rings. The molecular formula is C127H181Cl2F4N3O2. The molecule has 138 heavy (non-hydrogen) atoms. The van der Waals surface area contributed by atoms with E-state index in [9.17, 15) is 22.7 Å². The average Bonchev–Trinajstić information content (AvgIpc) is 1.64. The van der Waals surface area contributed by atoms with Crippen molar-refractivity contribution in [2.75, 3.05) is 54.0 Å². The molecule has 758 valence electrons. The number of hydrogen-bond donors (Lipinski definition) is 1. The number of hydrogen-bond acceptors (Lipinski definition) is 5. The molecule has 10 aromatic rings. The van der Waals surface area contributed by atoms with Crippen LogP contribution in [-0.4, -0.2) is 50.5 Å². The molecule has 0 saturated carbocycles. The number of halogens is 6. The van der Waals surface area contributed by atoms with Crippen LogP contribution in [0.25, 0.3) is 5.57 Å². The Morgan fingerprint density at radius 2 is 0.833 bits per heavy atom. The molecule has 0 amide bonds. The Kier molecular flexibility index (Phi) is 49.4. The van der Waals surface area contributed by atoms with E-state index >= 15 is 0 Å². The summed E-state index contributed by atoms with van der Waals surface area (Å²) in [6, 6.07) is 66.1. The smallest absolute Gasteiger partial charge is 0.270 e. The highest BCUT2D eigenvalue weighted by atomic mass is 35.5. The lowest BCUT2D eigenvalue weighted by molar-refractivity contribution is 0.0173. The zero-order valence-electron chi connectivity index (χ0n) is 90.8. The minimum absolute atomic E-state index is 0. The standard InChI is InChI=1S/C15H23N.C14H20.2C13H18FN.C13H20O.C13H16.C12H17ClO.C12H18.C11H14F2.C10H13Cl.CH4/c1-4-13-7-8-14(12(2)3)11-15(13)16-9-5-6-10-16;1-10(2)12-6-5-11-7-8-14(3,4)13(11)9-12;1-10(2)11-6-5-7-12(13(11)14)15-8-3-4-9-15;1-10(2)12-9-11(5-6-13(12)14)15-7-3-4-8-15;1-9(2)12-7-6-11(5)13(8-12)14-10(3)4;1-9(2)12-7-6-11-5-4-10(3)13(11)8-12;1-8(2)10-7-9(12(3,4)14)5-6-11(10)13;1-9(2)11-6-5-7-12(8-11)10(3)4;1-8(2)9-5-4-6-10(7-9)11(3,12)13;1-7(2)9-5-4-8(3)10(11)6-9;/h7-8,11-12H,4-6,9-10H2,1-3H3;5-6,9-10H,7-8H2,1-4H3;5-7,10H,3-4,8-9H2,1-2H3;5-6,9-10H,3-4,7-8H2,1-2H3;6-10H,1-5H3;4,6-9H,5H2,1-3H3;5-8,14H,1-4H3;5-10H,1-4H3;4-8H,1-3H3;4-7H,1-3H3;1H4. The highest BCUT2D eigenvalue weighted by molar-refractivity contribution is 6.31. The first kappa shape index (κ1) is 120. The molecule has 2 aliphatic carbocycles. The number of benzene rings is 10. The van der Waals surface area contributed by atoms with E-state index in [0.717, 1.165) is 101 Å². The Hall–Kier alpha value is -8.60. The molecule has 5 nitrogen and oxygen atoms in total. The number of anilines is 3. The van der Waals surface area contributed by atoms with Gasteiger partial charge in [-0.3, -0.25) is 0 Å². The van der Waals surface area contributed by atoms with Crippen LogP contribution >= 0.6 is 23.2 Å². The van der Waals surface area contributed by atoms with Crippen molar-refractivity contribution in [3.63, 3.8) is 0 Å². The van der Waals surface area contributed by atoms with Crippen LogP contribution in [0.5, 0.6) is 5.75 Å². The molecule has 11 heteroatoms. The normalized spacial score (nSPS) is 14.0. The number of aliphatic hydroxyl groups is 1. The van der Waals surface area contributed by atoms with E-state index in [1.165, 1.54) is 149 Å². The Balaban J connectivity index is 0.000000271. The zero-order chi connectivity index (χ0) is 102. The fourth-order valence-electron chi connectivity index (χ4n) is 17.2. The summed E-state index contributed by atoms with van der Waals surface area (Å²) < 4.78 is 59.2. The Bertz CT molecular complexity index is 5310. The summed E-state index contributed by atoms with van der Waals surface area (Å²) in [7, 11) is 0. The van der Waals surface area contributed by atoms with E-state index in [2.05, 4.69) is 289 Å². The van der Waals surface area contributed by atoms with Gasteiger partial charge in [0.25, 0.3) is 5.92 Å². The second-order valence-corrected chi connectivity index (χ2v) is 44.2. The topological polar surface area (TPSA) is 39.2 Å². The van der Waals surface area contributed by atoms with Gasteiger partial charge in [0.2, 0.25) is 0 Å². The van der Waals surface area contributed by atoms with Crippen LogP contribution in [0.2, 0.25) is 10.0 Å². The lowest BCUT2D eigenvalue weighted by atomic mass is 9.85. The SMILES string of the molecule is C.CC(C)c1cc(C(C)(C)O)ccc1Cl.CC(C)c1cc(N2CCCC2)ccc1F.CC(C)c1ccc2c(c1)C(C)(C)CC2.CC(C)c1cccc(C(C)(F)F)c1.CC(C)c1cccc(C(C)C)c1.CC(C)c1cccc(N2CCCC2)c1F.CC1=CCc2ccc(C(C)C)cc21.CCc1ccc(C(C)C)cc1N1CCCC1.Cc1ccc(C(C)C)cc1Cl.Cc1ccc(C(C)C)cc1OC(C)C. The van der Waals surface area contributed by atoms with Crippen LogP contribution < -0.4 is 19.4 Å². The molecule has 3 heterocycles. The van der Waals surface area contributed by atoms with Crippen molar-refractivity contribution in [1.29, 1.82) is 0 Å². The lowest BCUT2D eigenvalue weighted by Gasteiger charge is -2.22. The van der Waals surface area contributed by atoms with Crippen molar-refractivity contribution < 1.29 is 27.4 Å². The zero-order valence-corrected chi connectivity index (χ0v) is 92.3. The molecule has 10 aromatic carbocycles. The molecule has 15 rings (SSSR count). The van der Waals surface area contributed by atoms with Crippen LogP contribution in [-0.2, 0) is 36.2 Å². The number of allylic oxidation sites excluding steroid dienone is 2. The molecule has 0 bridgehead atoms. The van der Waals surface area contributed by atoms with Crippen molar-refractivity contribution in [3.8, 4) is 5.75 Å². The van der Waals surface area contributed by atoms with Gasteiger partial charge in [-0.05, 0) is 349 Å². The maximum Gasteiger partial charge on any atom is 0.270 e. The first-order valence-electron chi connectivity index (χ1n) is 51.8. The first-order chi connectivity index (χ1) is 64.2. The van der Waals surface area contributed by atoms with Crippen molar-refractivity contribution in [1.82, 2.24) is 0 Å². The fourth-order valence-corrected chi connectivity index (χ4v) is 17.7. The lowest BCUT2D eigenvalue weighted by Crippen LogP contribution is -2.19. The highest BCUT2D eigenvalue weighted by Crippen LogP contribution is 2.41. The van der Waals surface area contributed by atoms with Gasteiger partial charge in [-0.15, -0.1) is 0 Å². The number of ether oxygens (including phenoxy) is 1. The van der Waals surface area contributed by atoms with E-state index in [1.807, 2.05) is 109 Å². The number of nitrogens with zero attached hydrogens (tertiary/aromatic N) is 3. The minimum atomic E-state index is -2.73. The van der Waals surface area contributed by atoms with Crippen LogP contribution in [0.1, 0.15) is 443 Å². The summed E-state index contributed by atoms with van der Waals surface area (Å²) in [5.74, 6) is 3.71. The third-order valence-electron chi connectivity index (χ3n) is 26.9. The number of fused-ring (bicyclic) bond motifs is 2. The Labute approximate surface area is 848 Å². The summed E-state index contributed by atoms with van der Waals surface area (Å²) in [4.78, 5) is 7.05. The summed E-state index contributed by atoms with van der Waals surface area (Å²) in [6.45, 7) is 76.2. The molecule has 0 atom stereocenters. The van der Waals surface area contributed by atoms with Gasteiger partial charge in [-0.1, -0.05) is 349 Å². The third kappa shape index (κ3) is 37.7. The maximum absolute atomic E-state index is 14.1. The van der Waals surface area contributed by atoms with Gasteiger partial charge in [0, 0.05) is 73.2 Å². The molecule has 5 aliphatic rings. The quantitative estimate of drug-likeness (QED) is 0.0817. The van der Waals surface area contributed by atoms with Crippen LogP contribution in [0, 0.1) is 25.5 Å². The highest BCUT2D eigenvalue weighted by Gasteiger charge is 2.31. The van der Waals surface area contributed by atoms with Crippen molar-refractivity contribution in [3.05, 3.63) is 333 Å². The number of alkyl halides is 2. The third-order valence-corrected chi connectivity index (χ3v) is 27.6. The molecular weight excluding hydrogens is 1750 g/mol. The summed E-state index contributed by atoms with van der Waals surface area (Å²) in [6.07, 6.45) is 15.0. The summed E-state index contributed by atoms with van der Waals surface area (Å²) in [5.41, 5.74) is 29.1. The monoisotopic (exact) mass is 1930 g/mol. The predicted molar refractivity (Wildman–Crippen MR) is 599 cm³/mol. The molecule has 1 N–H and O–H groups in total.